The van der Waals surface area contributed by atoms with E-state index in [-0.39, 0.29) is 6.15 Å². The summed E-state index contributed by atoms with van der Waals surface area (Å²) in [5.41, 5.74) is 5.47. The van der Waals surface area contributed by atoms with Crippen molar-refractivity contribution in [2.75, 3.05) is 5.01 Å². The number of carbonyl (C=O) groups excluding carboxylic acids is 2. The molecule has 0 atom stereocenters. The van der Waals surface area contributed by atoms with Crippen molar-refractivity contribution in [3.05, 3.63) is 60.7 Å². The van der Waals surface area contributed by atoms with Crippen molar-refractivity contribution in [3.63, 3.8) is 0 Å². The first kappa shape index (κ1) is 19.6. The summed E-state index contributed by atoms with van der Waals surface area (Å²) in [5.74, 6) is 0. The zero-order chi connectivity index (χ0) is 18.6. The van der Waals surface area contributed by atoms with E-state index in [4.69, 9.17) is 21.8 Å². The van der Waals surface area contributed by atoms with Crippen LogP contribution in [0.1, 0.15) is 32.1 Å². The summed E-state index contributed by atoms with van der Waals surface area (Å²) >= 11 is 5.55. The maximum atomic E-state index is 8.12. The average Bonchev–Trinajstić information content (AvgIpc) is 2.69. The highest BCUT2D eigenvalue weighted by Gasteiger charge is 2.16. The number of para-hydroxylation sites is 2. The molecule has 0 unspecified atom stereocenters. The first-order valence-electron chi connectivity index (χ1n) is 8.71. The lowest BCUT2D eigenvalue weighted by atomic mass is 9.96. The van der Waals surface area contributed by atoms with Crippen molar-refractivity contribution in [3.8, 4) is 0 Å². The van der Waals surface area contributed by atoms with Gasteiger partial charge in [0.05, 0.1) is 11.4 Å². The lowest BCUT2D eigenvalue weighted by Gasteiger charge is -2.30. The molecule has 0 aliphatic heterocycles. The third-order valence-corrected chi connectivity index (χ3v) is 4.39. The molecule has 5 nitrogen and oxygen atoms in total. The molecule has 0 radical (unpaired) electrons. The standard InChI is InChI=1S/C19H23N3S.CO2/c23-19(20-16-10-4-1-5-11-16)21-22(17-12-6-2-7-13-17)18-14-8-3-9-15-18;2-1-3/h2-3,6-9,12-16H,1,4-5,10-11H2,(H2,20,21,23);. The Morgan fingerprint density at radius 3 is 1.81 bits per heavy atom. The molecule has 6 heteroatoms. The number of nitrogens with one attached hydrogen (secondary N) is 2. The summed E-state index contributed by atoms with van der Waals surface area (Å²) in [6.45, 7) is 0. The summed E-state index contributed by atoms with van der Waals surface area (Å²) in [4.78, 5) is 16.2. The molecule has 136 valence electrons. The molecule has 1 fully saturated rings. The smallest absolute Gasteiger partial charge is 0.359 e. The summed E-state index contributed by atoms with van der Waals surface area (Å²) in [6.07, 6.45) is 6.60. The van der Waals surface area contributed by atoms with E-state index < -0.39 is 0 Å². The van der Waals surface area contributed by atoms with Crippen molar-refractivity contribution in [1.29, 1.82) is 0 Å². The van der Waals surface area contributed by atoms with Crippen LogP contribution in [0.5, 0.6) is 0 Å². The number of thiocarbonyl (C=S) groups is 1. The molecule has 1 aliphatic rings. The number of benzene rings is 2. The van der Waals surface area contributed by atoms with Crippen molar-refractivity contribution >= 4 is 34.9 Å². The second-order valence-electron chi connectivity index (χ2n) is 6.01. The first-order valence-corrected chi connectivity index (χ1v) is 9.12. The van der Waals surface area contributed by atoms with Gasteiger partial charge in [-0.15, -0.1) is 0 Å². The van der Waals surface area contributed by atoms with Gasteiger partial charge in [-0.2, -0.15) is 9.59 Å². The minimum absolute atomic E-state index is 0.250. The van der Waals surface area contributed by atoms with Gasteiger partial charge in [0.2, 0.25) is 0 Å². The monoisotopic (exact) mass is 369 g/mol. The molecule has 0 bridgehead atoms. The minimum atomic E-state index is 0.250. The Balaban J connectivity index is 0.000000758. The quantitative estimate of drug-likeness (QED) is 0.628. The number of nitrogens with zero attached hydrogens (tertiary/aromatic N) is 1. The van der Waals surface area contributed by atoms with Gasteiger partial charge in [-0.3, -0.25) is 10.4 Å². The number of hydrogen-bond donors (Lipinski definition) is 2. The largest absolute Gasteiger partial charge is 0.373 e. The predicted molar refractivity (Wildman–Crippen MR) is 106 cm³/mol. The number of anilines is 2. The molecule has 0 amide bonds. The van der Waals surface area contributed by atoms with Crippen LogP contribution in [0.4, 0.5) is 11.4 Å². The van der Waals surface area contributed by atoms with Crippen LogP contribution in [0, 0.1) is 0 Å². The molecule has 2 aromatic carbocycles. The van der Waals surface area contributed by atoms with Gasteiger partial charge in [-0.25, -0.2) is 0 Å². The van der Waals surface area contributed by atoms with Crippen LogP contribution >= 0.6 is 12.2 Å². The highest BCUT2D eigenvalue weighted by atomic mass is 32.1. The number of hydrogen-bond acceptors (Lipinski definition) is 4. The van der Waals surface area contributed by atoms with E-state index in [1.165, 1.54) is 32.1 Å². The van der Waals surface area contributed by atoms with Crippen molar-refractivity contribution in [2.45, 2.75) is 38.1 Å². The van der Waals surface area contributed by atoms with Crippen LogP contribution in [0.3, 0.4) is 0 Å². The molecular weight excluding hydrogens is 346 g/mol. The van der Waals surface area contributed by atoms with E-state index in [0.29, 0.717) is 11.2 Å². The molecule has 3 rings (SSSR count). The van der Waals surface area contributed by atoms with Crippen LogP contribution in [-0.2, 0) is 9.59 Å². The van der Waals surface area contributed by atoms with E-state index in [0.717, 1.165) is 11.4 Å². The maximum absolute atomic E-state index is 8.12. The molecule has 2 aromatic rings. The molecule has 1 aliphatic carbocycles. The van der Waals surface area contributed by atoms with Crippen molar-refractivity contribution in [2.24, 2.45) is 0 Å². The van der Waals surface area contributed by atoms with Crippen LogP contribution in [0.2, 0.25) is 0 Å². The normalized spacial score (nSPS) is 13.5. The number of rotatable bonds is 4. The van der Waals surface area contributed by atoms with Crippen molar-refractivity contribution in [1.82, 2.24) is 10.7 Å². The Kier molecular flexibility index (Phi) is 8.33. The lowest BCUT2D eigenvalue weighted by molar-refractivity contribution is -0.191. The van der Waals surface area contributed by atoms with E-state index in [9.17, 15) is 0 Å². The summed E-state index contributed by atoms with van der Waals surface area (Å²) in [7, 11) is 0. The summed E-state index contributed by atoms with van der Waals surface area (Å²) < 4.78 is 0. The second-order valence-corrected chi connectivity index (χ2v) is 6.42. The maximum Gasteiger partial charge on any atom is 0.373 e. The molecule has 0 saturated heterocycles. The highest BCUT2D eigenvalue weighted by molar-refractivity contribution is 7.80. The highest BCUT2D eigenvalue weighted by Crippen LogP contribution is 2.22. The Labute approximate surface area is 159 Å². The van der Waals surface area contributed by atoms with E-state index in [1.54, 1.807) is 0 Å². The summed E-state index contributed by atoms with van der Waals surface area (Å²) in [5, 5.41) is 6.18. The fourth-order valence-electron chi connectivity index (χ4n) is 3.00. The topological polar surface area (TPSA) is 61.4 Å². The van der Waals surface area contributed by atoms with Gasteiger partial charge in [0.15, 0.2) is 5.11 Å². The Morgan fingerprint density at radius 1 is 0.885 bits per heavy atom. The molecule has 0 aromatic heterocycles. The van der Waals surface area contributed by atoms with Gasteiger partial charge in [0.25, 0.3) is 0 Å². The van der Waals surface area contributed by atoms with E-state index >= 15 is 0 Å². The van der Waals surface area contributed by atoms with Crippen molar-refractivity contribution < 1.29 is 9.59 Å². The molecule has 2 N–H and O–H groups in total. The van der Waals surface area contributed by atoms with Gasteiger partial charge >= 0.3 is 6.15 Å². The van der Waals surface area contributed by atoms with Gasteiger partial charge in [-0.05, 0) is 49.3 Å². The molecule has 0 spiro atoms. The zero-order valence-corrected chi connectivity index (χ0v) is 15.4. The Bertz CT molecular complexity index is 658. The van der Waals surface area contributed by atoms with Crippen LogP contribution in [-0.4, -0.2) is 17.3 Å². The minimum Gasteiger partial charge on any atom is -0.359 e. The lowest BCUT2D eigenvalue weighted by Crippen LogP contribution is -2.48. The van der Waals surface area contributed by atoms with Gasteiger partial charge in [-0.1, -0.05) is 55.7 Å². The SMILES string of the molecule is O=C=O.S=C(NC1CCCCC1)NN(c1ccccc1)c1ccccc1. The average molecular weight is 369 g/mol. The van der Waals surface area contributed by atoms with Crippen LogP contribution in [0.15, 0.2) is 60.7 Å². The zero-order valence-electron chi connectivity index (χ0n) is 14.6. The van der Waals surface area contributed by atoms with Gasteiger partial charge in [0, 0.05) is 6.04 Å². The predicted octanol–water partition coefficient (Wildman–Crippen LogP) is 3.95. The Morgan fingerprint density at radius 2 is 1.35 bits per heavy atom. The third kappa shape index (κ3) is 6.31. The second kappa shape index (κ2) is 11.0. The third-order valence-electron chi connectivity index (χ3n) is 4.18. The first-order chi connectivity index (χ1) is 12.7. The fourth-order valence-corrected chi connectivity index (χ4v) is 3.26. The van der Waals surface area contributed by atoms with Crippen LogP contribution in [0.25, 0.3) is 0 Å². The van der Waals surface area contributed by atoms with Gasteiger partial charge < -0.3 is 5.32 Å². The molecule has 1 saturated carbocycles. The fraction of sp³-hybridized carbons (Fsp3) is 0.300. The van der Waals surface area contributed by atoms with Gasteiger partial charge in [0.1, 0.15) is 0 Å². The van der Waals surface area contributed by atoms with E-state index in [2.05, 4.69) is 35.0 Å². The summed E-state index contributed by atoms with van der Waals surface area (Å²) in [6, 6.07) is 21.0. The van der Waals surface area contributed by atoms with Crippen LogP contribution < -0.4 is 15.8 Å². The molecule has 26 heavy (non-hydrogen) atoms. The number of hydrazine groups is 1. The van der Waals surface area contributed by atoms with E-state index in [1.807, 2.05) is 41.4 Å². The molecular formula is C20H23N3O2S. The molecule has 0 heterocycles. The Hall–Kier alpha value is -2.69.